The van der Waals surface area contributed by atoms with Crippen LogP contribution in [0, 0.1) is 11.8 Å². The predicted octanol–water partition coefficient (Wildman–Crippen LogP) is 3.76. The van der Waals surface area contributed by atoms with Gasteiger partial charge >= 0.3 is 0 Å². The number of rotatable bonds is 4. The fraction of sp³-hybridized carbons (Fsp3) is 0.684. The lowest BCUT2D eigenvalue weighted by atomic mass is 9.78. The molecule has 3 rings (SSSR count). The van der Waals surface area contributed by atoms with Gasteiger partial charge in [-0.2, -0.15) is 0 Å². The average Bonchev–Trinajstić information content (AvgIpc) is 2.94. The normalized spacial score (nSPS) is 31.1. The molecule has 0 bridgehead atoms. The van der Waals surface area contributed by atoms with Crippen molar-refractivity contribution in [1.82, 2.24) is 4.90 Å². The first-order valence-corrected chi connectivity index (χ1v) is 8.81. The van der Waals surface area contributed by atoms with Gasteiger partial charge in [-0.25, -0.2) is 0 Å². The standard InChI is InChI=1S/C19H30N2/c1-3-14-8-10-15(11-9-14)19(4-2)21-12-16-6-5-7-18(20)17(16)13-21/h8-11,16-19H,3-7,12-13,20H2,1-2H3. The number of benzene rings is 1. The molecule has 1 heterocycles. The second-order valence-corrected chi connectivity index (χ2v) is 6.99. The molecule has 2 N–H and O–H groups in total. The maximum absolute atomic E-state index is 6.37. The van der Waals surface area contributed by atoms with Crippen LogP contribution < -0.4 is 5.73 Å². The van der Waals surface area contributed by atoms with Crippen LogP contribution in [0.4, 0.5) is 0 Å². The van der Waals surface area contributed by atoms with E-state index in [0.717, 1.165) is 18.3 Å². The minimum atomic E-state index is 0.439. The predicted molar refractivity (Wildman–Crippen MR) is 89.2 cm³/mol. The number of hydrogen-bond donors (Lipinski definition) is 1. The van der Waals surface area contributed by atoms with Gasteiger partial charge in [0.15, 0.2) is 0 Å². The molecule has 1 aromatic carbocycles. The third kappa shape index (κ3) is 3.02. The fourth-order valence-corrected chi connectivity index (χ4v) is 4.49. The highest BCUT2D eigenvalue weighted by molar-refractivity contribution is 5.25. The number of likely N-dealkylation sites (tertiary alicyclic amines) is 1. The maximum atomic E-state index is 6.37. The number of aryl methyl sites for hydroxylation is 1. The highest BCUT2D eigenvalue weighted by Crippen LogP contribution is 2.39. The van der Waals surface area contributed by atoms with Gasteiger partial charge in [-0.05, 0) is 48.6 Å². The van der Waals surface area contributed by atoms with Crippen molar-refractivity contribution in [2.45, 2.75) is 58.0 Å². The molecule has 116 valence electrons. The molecule has 1 aliphatic carbocycles. The molecule has 1 aromatic rings. The zero-order chi connectivity index (χ0) is 14.8. The smallest absolute Gasteiger partial charge is 0.0345 e. The lowest BCUT2D eigenvalue weighted by Crippen LogP contribution is -2.38. The number of hydrogen-bond acceptors (Lipinski definition) is 2. The quantitative estimate of drug-likeness (QED) is 0.913. The monoisotopic (exact) mass is 286 g/mol. The Morgan fingerprint density at radius 1 is 1.14 bits per heavy atom. The number of fused-ring (bicyclic) bond motifs is 1. The summed E-state index contributed by atoms with van der Waals surface area (Å²) in [6.45, 7) is 7.01. The van der Waals surface area contributed by atoms with Crippen molar-refractivity contribution in [2.24, 2.45) is 17.6 Å². The van der Waals surface area contributed by atoms with Crippen molar-refractivity contribution < 1.29 is 0 Å². The van der Waals surface area contributed by atoms with Gasteiger partial charge in [0.1, 0.15) is 0 Å². The van der Waals surface area contributed by atoms with Crippen LogP contribution in [0.25, 0.3) is 0 Å². The van der Waals surface area contributed by atoms with E-state index in [1.807, 2.05) is 0 Å². The summed E-state index contributed by atoms with van der Waals surface area (Å²) < 4.78 is 0. The van der Waals surface area contributed by atoms with E-state index in [4.69, 9.17) is 5.73 Å². The number of nitrogens with two attached hydrogens (primary N) is 1. The zero-order valence-electron chi connectivity index (χ0n) is 13.6. The molecule has 21 heavy (non-hydrogen) atoms. The molecule has 2 heteroatoms. The summed E-state index contributed by atoms with van der Waals surface area (Å²) in [5.74, 6) is 1.58. The van der Waals surface area contributed by atoms with Crippen LogP contribution in [-0.4, -0.2) is 24.0 Å². The summed E-state index contributed by atoms with van der Waals surface area (Å²) in [4.78, 5) is 2.71. The molecular weight excluding hydrogens is 256 g/mol. The van der Waals surface area contributed by atoms with E-state index in [-0.39, 0.29) is 0 Å². The second kappa shape index (κ2) is 6.50. The van der Waals surface area contributed by atoms with Crippen molar-refractivity contribution in [3.63, 3.8) is 0 Å². The summed E-state index contributed by atoms with van der Waals surface area (Å²) in [7, 11) is 0. The molecule has 0 radical (unpaired) electrons. The molecule has 1 saturated carbocycles. The first-order chi connectivity index (χ1) is 10.2. The third-order valence-electron chi connectivity index (χ3n) is 5.78. The highest BCUT2D eigenvalue weighted by atomic mass is 15.2. The van der Waals surface area contributed by atoms with E-state index in [9.17, 15) is 0 Å². The van der Waals surface area contributed by atoms with Crippen molar-refractivity contribution in [3.05, 3.63) is 35.4 Å². The summed E-state index contributed by atoms with van der Waals surface area (Å²) in [5, 5.41) is 0. The SMILES string of the molecule is CCc1ccc(C(CC)N2CC3CCCC(N)C3C2)cc1. The van der Waals surface area contributed by atoms with Gasteiger partial charge in [0.05, 0.1) is 0 Å². The summed E-state index contributed by atoms with van der Waals surface area (Å²) >= 11 is 0. The molecular formula is C19H30N2. The lowest BCUT2D eigenvalue weighted by Gasteiger charge is -2.30. The minimum Gasteiger partial charge on any atom is -0.327 e. The molecule has 2 aliphatic rings. The van der Waals surface area contributed by atoms with Crippen molar-refractivity contribution in [3.8, 4) is 0 Å². The Kier molecular flexibility index (Phi) is 4.66. The largest absolute Gasteiger partial charge is 0.327 e. The Morgan fingerprint density at radius 3 is 2.52 bits per heavy atom. The topological polar surface area (TPSA) is 29.3 Å². The first-order valence-electron chi connectivity index (χ1n) is 8.81. The molecule has 2 fully saturated rings. The van der Waals surface area contributed by atoms with Crippen molar-refractivity contribution in [1.29, 1.82) is 0 Å². The summed E-state index contributed by atoms with van der Waals surface area (Å²) in [5.41, 5.74) is 9.30. The molecule has 0 aromatic heterocycles. The Balaban J connectivity index is 1.74. The lowest BCUT2D eigenvalue weighted by molar-refractivity contribution is 0.225. The van der Waals surface area contributed by atoms with Gasteiger partial charge in [-0.3, -0.25) is 4.90 Å². The van der Waals surface area contributed by atoms with Crippen molar-refractivity contribution >= 4 is 0 Å². The third-order valence-corrected chi connectivity index (χ3v) is 5.78. The molecule has 1 saturated heterocycles. The van der Waals surface area contributed by atoms with E-state index in [0.29, 0.717) is 12.1 Å². The Morgan fingerprint density at radius 2 is 1.90 bits per heavy atom. The first kappa shape index (κ1) is 15.1. The van der Waals surface area contributed by atoms with Crippen molar-refractivity contribution in [2.75, 3.05) is 13.1 Å². The van der Waals surface area contributed by atoms with Gasteiger partial charge in [0.2, 0.25) is 0 Å². The van der Waals surface area contributed by atoms with Crippen LogP contribution in [-0.2, 0) is 6.42 Å². The van der Waals surface area contributed by atoms with Crippen LogP contribution in [0.3, 0.4) is 0 Å². The minimum absolute atomic E-state index is 0.439. The molecule has 1 aliphatic heterocycles. The fourth-order valence-electron chi connectivity index (χ4n) is 4.49. The van der Waals surface area contributed by atoms with Crippen LogP contribution in [0.15, 0.2) is 24.3 Å². The van der Waals surface area contributed by atoms with E-state index < -0.39 is 0 Å². The summed E-state index contributed by atoms with van der Waals surface area (Å²) in [6, 6.07) is 10.3. The molecule has 4 atom stereocenters. The van der Waals surface area contributed by atoms with Gasteiger partial charge in [0, 0.05) is 25.2 Å². The van der Waals surface area contributed by atoms with Crippen LogP contribution in [0.5, 0.6) is 0 Å². The highest BCUT2D eigenvalue weighted by Gasteiger charge is 2.40. The Hall–Kier alpha value is -0.860. The van der Waals surface area contributed by atoms with E-state index in [2.05, 4.69) is 43.0 Å². The molecule has 0 spiro atoms. The van der Waals surface area contributed by atoms with E-state index in [1.165, 1.54) is 49.9 Å². The summed E-state index contributed by atoms with van der Waals surface area (Å²) in [6.07, 6.45) is 6.27. The van der Waals surface area contributed by atoms with Gasteiger partial charge in [-0.1, -0.05) is 44.5 Å². The van der Waals surface area contributed by atoms with Crippen LogP contribution in [0.2, 0.25) is 0 Å². The molecule has 4 unspecified atom stereocenters. The molecule has 2 nitrogen and oxygen atoms in total. The van der Waals surface area contributed by atoms with Gasteiger partial charge in [-0.15, -0.1) is 0 Å². The average molecular weight is 286 g/mol. The molecule has 0 amide bonds. The maximum Gasteiger partial charge on any atom is 0.0345 e. The van der Waals surface area contributed by atoms with E-state index >= 15 is 0 Å². The zero-order valence-corrected chi connectivity index (χ0v) is 13.6. The second-order valence-electron chi connectivity index (χ2n) is 6.99. The van der Waals surface area contributed by atoms with E-state index in [1.54, 1.807) is 0 Å². The van der Waals surface area contributed by atoms with Gasteiger partial charge < -0.3 is 5.73 Å². The van der Waals surface area contributed by atoms with Crippen LogP contribution >= 0.6 is 0 Å². The number of nitrogens with zero attached hydrogens (tertiary/aromatic N) is 1. The van der Waals surface area contributed by atoms with Gasteiger partial charge in [0.25, 0.3) is 0 Å². The van der Waals surface area contributed by atoms with Crippen LogP contribution in [0.1, 0.15) is 56.7 Å². The Bertz CT molecular complexity index is 453. The Labute approximate surface area is 129 Å².